The number of ether oxygens (including phenoxy) is 5. The Balaban J connectivity index is 0.721. The van der Waals surface area contributed by atoms with E-state index in [-0.39, 0.29) is 84.9 Å². The Kier molecular flexibility index (Phi) is 15.9. The number of phenolic OH excluding ortho intramolecular Hbond substituents is 1. The lowest BCUT2D eigenvalue weighted by Crippen LogP contribution is -2.52. The van der Waals surface area contributed by atoms with Gasteiger partial charge in [-0.25, -0.2) is 4.39 Å². The van der Waals surface area contributed by atoms with Crippen LogP contribution in [0.15, 0.2) is 60.7 Å². The number of imide groups is 1. The van der Waals surface area contributed by atoms with Crippen molar-refractivity contribution in [3.63, 3.8) is 0 Å². The monoisotopic (exact) mass is 1010 g/mol. The van der Waals surface area contributed by atoms with Crippen LogP contribution in [-0.4, -0.2) is 174 Å². The van der Waals surface area contributed by atoms with Gasteiger partial charge < -0.3 is 53.7 Å². The summed E-state index contributed by atoms with van der Waals surface area (Å²) in [6.45, 7) is 7.38. The summed E-state index contributed by atoms with van der Waals surface area (Å²) in [4.78, 5) is 65.5. The van der Waals surface area contributed by atoms with Crippen molar-refractivity contribution in [2.75, 3.05) is 90.4 Å². The van der Waals surface area contributed by atoms with E-state index in [2.05, 4.69) is 15.2 Å². The number of halogens is 2. The number of phenols is 1. The van der Waals surface area contributed by atoms with Crippen LogP contribution in [0.1, 0.15) is 48.5 Å². The molecule has 0 bridgehead atoms. The largest absolute Gasteiger partial charge is 0.508 e. The number of piperidine rings is 2. The first-order valence-electron chi connectivity index (χ1n) is 24.2. The Labute approximate surface area is 419 Å². The molecule has 0 saturated carbocycles. The summed E-state index contributed by atoms with van der Waals surface area (Å²) in [6, 6.07) is 16.5. The molecule has 9 rings (SSSR count). The highest BCUT2D eigenvalue weighted by Gasteiger charge is 2.39. The van der Waals surface area contributed by atoms with E-state index in [4.69, 9.17) is 40.3 Å². The molecule has 72 heavy (non-hydrogen) atoms. The number of piperazine rings is 1. The third-order valence-corrected chi connectivity index (χ3v) is 13.7. The number of anilines is 1. The number of carbonyl (C=O) groups is 4. The predicted octanol–water partition coefficient (Wildman–Crippen LogP) is 4.03. The lowest BCUT2D eigenvalue weighted by atomic mass is 9.96. The Morgan fingerprint density at radius 3 is 2.35 bits per heavy atom. The molecule has 5 heterocycles. The fourth-order valence-electron chi connectivity index (χ4n) is 9.80. The van der Waals surface area contributed by atoms with Crippen LogP contribution in [0, 0.1) is 5.82 Å². The molecule has 0 spiro atoms. The second-order valence-corrected chi connectivity index (χ2v) is 18.7. The van der Waals surface area contributed by atoms with Crippen LogP contribution >= 0.6 is 11.6 Å². The second-order valence-electron chi connectivity index (χ2n) is 18.3. The summed E-state index contributed by atoms with van der Waals surface area (Å²) in [6.07, 6.45) is -0.323. The molecule has 4 N–H and O–H groups in total. The van der Waals surface area contributed by atoms with Crippen LogP contribution in [0.2, 0.25) is 5.02 Å². The molecular weight excluding hydrogens is 957 g/mol. The Hall–Kier alpha value is -6.26. The molecule has 1 aromatic heterocycles. The summed E-state index contributed by atoms with van der Waals surface area (Å²) in [5.74, 6) is -1.63. The van der Waals surface area contributed by atoms with Crippen molar-refractivity contribution in [1.82, 2.24) is 30.0 Å². The molecule has 21 heteroatoms. The maximum Gasteiger partial charge on any atom is 0.319 e. The molecule has 382 valence electrons. The van der Waals surface area contributed by atoms with Crippen LogP contribution in [0.5, 0.6) is 17.5 Å². The minimum Gasteiger partial charge on any atom is -0.508 e. The van der Waals surface area contributed by atoms with Gasteiger partial charge in [0, 0.05) is 75.3 Å². The van der Waals surface area contributed by atoms with Crippen molar-refractivity contribution < 1.29 is 62.6 Å². The highest BCUT2D eigenvalue weighted by molar-refractivity contribution is 6.35. The van der Waals surface area contributed by atoms with Crippen molar-refractivity contribution in [2.24, 2.45) is 0 Å². The molecule has 4 aliphatic heterocycles. The number of aliphatic hydroxyl groups is 2. The fourth-order valence-corrected chi connectivity index (χ4v) is 10.1. The van der Waals surface area contributed by atoms with Crippen molar-refractivity contribution in [1.29, 1.82) is 0 Å². The summed E-state index contributed by atoms with van der Waals surface area (Å²) < 4.78 is 46.7. The first kappa shape index (κ1) is 50.7. The molecule has 3 fully saturated rings. The van der Waals surface area contributed by atoms with Crippen molar-refractivity contribution >= 4 is 62.7 Å². The maximum absolute atomic E-state index is 17.1. The minimum atomic E-state index is -2.12. The van der Waals surface area contributed by atoms with Gasteiger partial charge in [-0.2, -0.15) is 9.97 Å². The van der Waals surface area contributed by atoms with Gasteiger partial charge in [0.2, 0.25) is 18.1 Å². The average Bonchev–Trinajstić information content (AvgIpc) is 3.69. The number of nitrogens with zero attached hydrogens (tertiary/aromatic N) is 6. The van der Waals surface area contributed by atoms with E-state index in [1.165, 1.54) is 15.9 Å². The summed E-state index contributed by atoms with van der Waals surface area (Å²) in [5.41, 5.74) is 1.72. The number of likely N-dealkylation sites (tertiary alicyclic amines) is 1. The summed E-state index contributed by atoms with van der Waals surface area (Å²) in [7, 11) is 0. The van der Waals surface area contributed by atoms with Gasteiger partial charge in [-0.1, -0.05) is 35.9 Å². The van der Waals surface area contributed by atoms with Crippen LogP contribution < -0.4 is 19.7 Å². The molecule has 0 radical (unpaired) electrons. The van der Waals surface area contributed by atoms with E-state index in [1.54, 1.807) is 30.3 Å². The number of hydrogen-bond acceptors (Lipinski definition) is 16. The number of aliphatic hydroxyl groups excluding tert-OH is 1. The SMILES string of the molecule is C[C@H](CN1CCC(OCCOCCOCCOc2ccc3c(c2)CN(C2CCC(=O)NC2=O)C3=O)CC1)Oc1nc(N2CCN(C(=O)C(O)O)CC2)c2cc(Cl)c(-c3cc(O)cc4ccccc34)c(F)c2n1. The van der Waals surface area contributed by atoms with Gasteiger partial charge in [0.05, 0.1) is 44.2 Å². The van der Waals surface area contributed by atoms with E-state index in [1.807, 2.05) is 36.1 Å². The zero-order valence-corrected chi connectivity index (χ0v) is 40.5. The zero-order valence-electron chi connectivity index (χ0n) is 39.8. The number of benzene rings is 4. The first-order valence-corrected chi connectivity index (χ1v) is 24.6. The van der Waals surface area contributed by atoms with Crippen LogP contribution in [0.3, 0.4) is 0 Å². The van der Waals surface area contributed by atoms with E-state index in [0.717, 1.165) is 31.5 Å². The molecule has 4 amide bonds. The van der Waals surface area contributed by atoms with Crippen molar-refractivity contribution in [3.05, 3.63) is 82.6 Å². The fraction of sp³-hybridized carbons (Fsp3) is 0.451. The molecule has 1 unspecified atom stereocenters. The minimum absolute atomic E-state index is 0.0325. The van der Waals surface area contributed by atoms with Gasteiger partial charge in [0.15, 0.2) is 5.82 Å². The number of nitrogens with one attached hydrogen (secondary N) is 1. The number of carbonyl (C=O) groups excluding carboxylic acids is 4. The average molecular weight is 1010 g/mol. The molecule has 0 aliphatic carbocycles. The number of hydrogen-bond donors (Lipinski definition) is 4. The lowest BCUT2D eigenvalue weighted by molar-refractivity contribution is -0.159. The maximum atomic E-state index is 17.1. The van der Waals surface area contributed by atoms with E-state index >= 15 is 4.39 Å². The highest BCUT2D eigenvalue weighted by atomic mass is 35.5. The van der Waals surface area contributed by atoms with Gasteiger partial charge in [-0.05, 0) is 84.5 Å². The Morgan fingerprint density at radius 1 is 0.861 bits per heavy atom. The quantitative estimate of drug-likeness (QED) is 0.0521. The Morgan fingerprint density at radius 2 is 1.60 bits per heavy atom. The molecular formula is C51H57ClFN7O12. The number of aromatic hydroxyl groups is 1. The normalized spacial score (nSPS) is 18.3. The first-order chi connectivity index (χ1) is 34.8. The summed E-state index contributed by atoms with van der Waals surface area (Å²) in [5, 5.41) is 33.7. The van der Waals surface area contributed by atoms with E-state index < -0.39 is 36.1 Å². The third-order valence-electron chi connectivity index (χ3n) is 13.4. The van der Waals surface area contributed by atoms with Crippen LogP contribution in [0.4, 0.5) is 10.2 Å². The standard InChI is InChI=1S/C51H57ClFN7O12/c1-30(28-57-12-10-34(11-13-57)70-22-20-68-18-19-69-21-23-71-35-6-7-37-32(25-35)29-60(48(37)64)41-8-9-42(62)54-47(41)63)72-51-55-45-39(46(56-51)58-14-16-59(17-15-58)49(65)50(66)67)27-40(52)43(44(45)53)38-26-33(61)24-31-4-2-3-5-36(31)38/h2-7,24-27,30,34,41,50,61,66-67H,8-23,28-29H2,1H3,(H,54,62,63)/t30-,41?/m1/s1. The molecule has 4 aromatic carbocycles. The molecule has 2 atom stereocenters. The van der Waals surface area contributed by atoms with Crippen molar-refractivity contribution in [3.8, 4) is 28.6 Å². The summed E-state index contributed by atoms with van der Waals surface area (Å²) >= 11 is 6.88. The molecule has 19 nitrogen and oxygen atoms in total. The predicted molar refractivity (Wildman–Crippen MR) is 261 cm³/mol. The second kappa shape index (κ2) is 22.7. The number of fused-ring (bicyclic) bond motifs is 3. The van der Waals surface area contributed by atoms with Gasteiger partial charge in [0.1, 0.15) is 41.6 Å². The number of amides is 4. The molecule has 3 saturated heterocycles. The Bertz CT molecular complexity index is 2820. The number of rotatable bonds is 19. The lowest BCUT2D eigenvalue weighted by Gasteiger charge is -2.36. The van der Waals surface area contributed by atoms with E-state index in [0.29, 0.717) is 91.5 Å². The van der Waals surface area contributed by atoms with Crippen LogP contribution in [0.25, 0.3) is 32.8 Å². The smallest absolute Gasteiger partial charge is 0.319 e. The topological polar surface area (TPSA) is 226 Å². The van der Waals surface area contributed by atoms with Gasteiger partial charge >= 0.3 is 6.01 Å². The van der Waals surface area contributed by atoms with Gasteiger partial charge in [-0.3, -0.25) is 29.4 Å². The van der Waals surface area contributed by atoms with E-state index in [9.17, 15) is 34.5 Å². The zero-order chi connectivity index (χ0) is 50.5. The van der Waals surface area contributed by atoms with Gasteiger partial charge in [-0.15, -0.1) is 0 Å². The highest BCUT2D eigenvalue weighted by Crippen LogP contribution is 2.43. The molecule has 5 aromatic rings. The van der Waals surface area contributed by atoms with Crippen LogP contribution in [-0.2, 0) is 35.1 Å². The molecule has 4 aliphatic rings. The third kappa shape index (κ3) is 11.5. The number of aromatic nitrogens is 2. The van der Waals surface area contributed by atoms with Gasteiger partial charge in [0.25, 0.3) is 11.8 Å². The van der Waals surface area contributed by atoms with Crippen molar-refractivity contribution in [2.45, 2.75) is 63.7 Å².